The molecule has 1 aromatic carbocycles. The second kappa shape index (κ2) is 6.70. The lowest BCUT2D eigenvalue weighted by atomic mass is 10.0. The van der Waals surface area contributed by atoms with Gasteiger partial charge in [-0.15, -0.1) is 0 Å². The van der Waals surface area contributed by atoms with Gasteiger partial charge in [-0.3, -0.25) is 4.79 Å². The standard InChI is InChI=1S/C19H20ClF2N3O3/c1-2-8-5-24(7-13(8)23)17-12(22)3-9-16(15(17)20)25(14-4-11(14)21)6-10(18(9)26)19(27)28/h3,6,8,11,13-14H,2,4-5,7,23H2,1H3,(H,27,28)/t8?,11-,13?,14+/m0/s1. The number of carbonyl (C=O) groups is 1. The van der Waals surface area contributed by atoms with Crippen LogP contribution in [0, 0.1) is 11.7 Å². The fraction of sp³-hybridized carbons (Fsp3) is 0.474. The van der Waals surface area contributed by atoms with E-state index in [0.717, 1.165) is 18.7 Å². The van der Waals surface area contributed by atoms with Crippen molar-refractivity contribution in [1.82, 2.24) is 4.57 Å². The van der Waals surface area contributed by atoms with Crippen LogP contribution in [0.3, 0.4) is 0 Å². The zero-order valence-electron chi connectivity index (χ0n) is 15.2. The lowest BCUT2D eigenvalue weighted by molar-refractivity contribution is 0.0694. The molecule has 1 aliphatic carbocycles. The molecule has 150 valence electrons. The number of alkyl halides is 1. The van der Waals surface area contributed by atoms with E-state index < -0.39 is 35.0 Å². The third-order valence-electron chi connectivity index (χ3n) is 5.78. The molecule has 6 nitrogen and oxygen atoms in total. The number of aromatic nitrogens is 1. The molecule has 4 atom stereocenters. The maximum atomic E-state index is 15.0. The molecule has 2 aliphatic rings. The van der Waals surface area contributed by atoms with Crippen molar-refractivity contribution >= 4 is 34.2 Å². The number of anilines is 1. The highest BCUT2D eigenvalue weighted by atomic mass is 35.5. The van der Waals surface area contributed by atoms with Crippen LogP contribution in [0.2, 0.25) is 5.02 Å². The third-order valence-corrected chi connectivity index (χ3v) is 6.14. The van der Waals surface area contributed by atoms with E-state index in [4.69, 9.17) is 17.3 Å². The smallest absolute Gasteiger partial charge is 0.341 e. The number of carboxylic acids is 1. The predicted octanol–water partition coefficient (Wildman–Crippen LogP) is 2.95. The van der Waals surface area contributed by atoms with Crippen LogP contribution in [-0.2, 0) is 0 Å². The summed E-state index contributed by atoms with van der Waals surface area (Å²) in [4.78, 5) is 25.8. The summed E-state index contributed by atoms with van der Waals surface area (Å²) in [6.07, 6.45) is 0.964. The fourth-order valence-electron chi connectivity index (χ4n) is 4.09. The number of halogens is 3. The summed E-state index contributed by atoms with van der Waals surface area (Å²) in [5.41, 5.74) is 5.03. The van der Waals surface area contributed by atoms with E-state index >= 15 is 0 Å². The van der Waals surface area contributed by atoms with Crippen LogP contribution in [0.15, 0.2) is 17.1 Å². The molecule has 1 saturated heterocycles. The molecule has 0 amide bonds. The molecule has 4 rings (SSSR count). The summed E-state index contributed by atoms with van der Waals surface area (Å²) in [5.74, 6) is -1.99. The van der Waals surface area contributed by atoms with Gasteiger partial charge in [-0.2, -0.15) is 0 Å². The van der Waals surface area contributed by atoms with Gasteiger partial charge in [0.1, 0.15) is 17.6 Å². The summed E-state index contributed by atoms with van der Waals surface area (Å²) in [7, 11) is 0. The van der Waals surface area contributed by atoms with Crippen molar-refractivity contribution in [3.05, 3.63) is 38.9 Å². The highest BCUT2D eigenvalue weighted by molar-refractivity contribution is 6.38. The Hall–Kier alpha value is -2.19. The molecular formula is C19H20ClF2N3O3. The van der Waals surface area contributed by atoms with Gasteiger partial charge >= 0.3 is 5.97 Å². The Bertz CT molecular complexity index is 1040. The Labute approximate surface area is 164 Å². The number of fused-ring (bicyclic) bond motifs is 1. The van der Waals surface area contributed by atoms with E-state index in [1.165, 1.54) is 4.57 Å². The normalized spacial score (nSPS) is 26.8. The first-order valence-electron chi connectivity index (χ1n) is 9.19. The monoisotopic (exact) mass is 411 g/mol. The molecule has 1 aliphatic heterocycles. The zero-order chi connectivity index (χ0) is 20.3. The van der Waals surface area contributed by atoms with Crippen molar-refractivity contribution in [2.75, 3.05) is 18.0 Å². The van der Waals surface area contributed by atoms with Crippen molar-refractivity contribution < 1.29 is 18.7 Å². The van der Waals surface area contributed by atoms with Crippen LogP contribution in [0.4, 0.5) is 14.5 Å². The number of rotatable bonds is 4. The van der Waals surface area contributed by atoms with Gasteiger partial charge in [0.15, 0.2) is 0 Å². The van der Waals surface area contributed by atoms with Crippen LogP contribution in [0.1, 0.15) is 36.2 Å². The van der Waals surface area contributed by atoms with Crippen LogP contribution in [0.25, 0.3) is 10.9 Å². The van der Waals surface area contributed by atoms with E-state index in [-0.39, 0.29) is 40.0 Å². The molecule has 2 heterocycles. The molecule has 28 heavy (non-hydrogen) atoms. The van der Waals surface area contributed by atoms with Gasteiger partial charge in [-0.05, 0) is 12.0 Å². The van der Waals surface area contributed by atoms with Crippen LogP contribution < -0.4 is 16.1 Å². The van der Waals surface area contributed by atoms with Gasteiger partial charge in [0, 0.05) is 31.7 Å². The van der Waals surface area contributed by atoms with Crippen molar-refractivity contribution in [2.24, 2.45) is 11.7 Å². The first kappa shape index (κ1) is 19.1. The van der Waals surface area contributed by atoms with Gasteiger partial charge < -0.3 is 20.3 Å². The number of hydrogen-bond acceptors (Lipinski definition) is 4. The molecular weight excluding hydrogens is 392 g/mol. The lowest BCUT2D eigenvalue weighted by Crippen LogP contribution is -2.29. The van der Waals surface area contributed by atoms with Gasteiger partial charge in [-0.1, -0.05) is 24.9 Å². The average Bonchev–Trinajstić information content (AvgIpc) is 3.24. The van der Waals surface area contributed by atoms with Crippen LogP contribution >= 0.6 is 11.6 Å². The van der Waals surface area contributed by atoms with Crippen molar-refractivity contribution in [3.63, 3.8) is 0 Å². The summed E-state index contributed by atoms with van der Waals surface area (Å²) >= 11 is 6.54. The quantitative estimate of drug-likeness (QED) is 0.807. The topological polar surface area (TPSA) is 88.6 Å². The van der Waals surface area contributed by atoms with Crippen molar-refractivity contribution in [1.29, 1.82) is 0 Å². The number of carboxylic acid groups (broad SMARTS) is 1. The van der Waals surface area contributed by atoms with E-state index in [1.54, 1.807) is 4.90 Å². The number of benzene rings is 1. The van der Waals surface area contributed by atoms with Gasteiger partial charge in [0.05, 0.1) is 27.7 Å². The first-order valence-corrected chi connectivity index (χ1v) is 9.57. The summed E-state index contributed by atoms with van der Waals surface area (Å²) in [5, 5.41) is 9.13. The number of nitrogens with zero attached hydrogens (tertiary/aromatic N) is 2. The first-order chi connectivity index (χ1) is 13.2. The minimum Gasteiger partial charge on any atom is -0.477 e. The minimum absolute atomic E-state index is 0.0212. The summed E-state index contributed by atoms with van der Waals surface area (Å²) in [6.45, 7) is 2.94. The molecule has 3 N–H and O–H groups in total. The van der Waals surface area contributed by atoms with Crippen molar-refractivity contribution in [3.8, 4) is 0 Å². The van der Waals surface area contributed by atoms with Gasteiger partial charge in [0.25, 0.3) is 0 Å². The van der Waals surface area contributed by atoms with Gasteiger partial charge in [0.2, 0.25) is 5.43 Å². The molecule has 2 unspecified atom stereocenters. The molecule has 0 bridgehead atoms. The molecule has 2 fully saturated rings. The number of aromatic carboxylic acids is 1. The van der Waals surface area contributed by atoms with Gasteiger partial charge in [-0.25, -0.2) is 13.6 Å². The SMILES string of the molecule is CCC1CN(c2c(F)cc3c(=O)c(C(=O)O)cn([C@@H]4C[C@@H]4F)c3c2Cl)CC1N. The van der Waals surface area contributed by atoms with Crippen LogP contribution in [0.5, 0.6) is 0 Å². The lowest BCUT2D eigenvalue weighted by Gasteiger charge is -2.23. The Kier molecular flexibility index (Phi) is 4.58. The summed E-state index contributed by atoms with van der Waals surface area (Å²) in [6, 6.07) is 0.245. The Balaban J connectivity index is 1.97. The Morgan fingerprint density at radius 3 is 2.64 bits per heavy atom. The maximum Gasteiger partial charge on any atom is 0.341 e. The van der Waals surface area contributed by atoms with Crippen LogP contribution in [-0.4, -0.2) is 40.9 Å². The minimum atomic E-state index is -1.45. The van der Waals surface area contributed by atoms with E-state index in [1.807, 2.05) is 6.92 Å². The predicted molar refractivity (Wildman–Crippen MR) is 103 cm³/mol. The van der Waals surface area contributed by atoms with E-state index in [0.29, 0.717) is 13.1 Å². The molecule has 1 aromatic heterocycles. The second-order valence-electron chi connectivity index (χ2n) is 7.56. The maximum absolute atomic E-state index is 15.0. The second-order valence-corrected chi connectivity index (χ2v) is 7.94. The van der Waals surface area contributed by atoms with Crippen molar-refractivity contribution in [2.45, 2.75) is 38.0 Å². The van der Waals surface area contributed by atoms with E-state index in [9.17, 15) is 23.5 Å². The molecule has 0 radical (unpaired) electrons. The molecule has 0 spiro atoms. The highest BCUT2D eigenvalue weighted by Crippen LogP contribution is 2.44. The van der Waals surface area contributed by atoms with E-state index in [2.05, 4.69) is 0 Å². The number of nitrogens with two attached hydrogens (primary N) is 1. The molecule has 2 aromatic rings. The molecule has 1 saturated carbocycles. The Morgan fingerprint density at radius 1 is 1.43 bits per heavy atom. The highest BCUT2D eigenvalue weighted by Gasteiger charge is 2.41. The number of pyridine rings is 1. The number of hydrogen-bond donors (Lipinski definition) is 2. The fourth-order valence-corrected chi connectivity index (χ4v) is 4.50. The molecule has 9 heteroatoms. The summed E-state index contributed by atoms with van der Waals surface area (Å²) < 4.78 is 30.1. The third kappa shape index (κ3) is 2.86. The largest absolute Gasteiger partial charge is 0.477 e. The zero-order valence-corrected chi connectivity index (χ0v) is 15.9. The Morgan fingerprint density at radius 2 is 2.11 bits per heavy atom. The average molecular weight is 412 g/mol.